The minimum absolute atomic E-state index is 0.0129. The monoisotopic (exact) mass is 553 g/mol. The molecule has 0 aliphatic carbocycles. The van der Waals surface area contributed by atoms with E-state index in [2.05, 4.69) is 48.9 Å². The molecule has 1 unspecified atom stereocenters. The Hall–Kier alpha value is -2.15. The molecule has 2 heterocycles. The van der Waals surface area contributed by atoms with E-state index >= 15 is 0 Å². The second kappa shape index (κ2) is 8.41. The van der Waals surface area contributed by atoms with E-state index in [-0.39, 0.29) is 17.5 Å². The molecule has 3 aromatic rings. The van der Waals surface area contributed by atoms with Gasteiger partial charge in [-0.3, -0.25) is 9.59 Å². The number of nitrogens with zero attached hydrogens (tertiary/aromatic N) is 1. The highest BCUT2D eigenvalue weighted by molar-refractivity contribution is 9.10. The van der Waals surface area contributed by atoms with E-state index in [0.29, 0.717) is 29.7 Å². The van der Waals surface area contributed by atoms with Crippen molar-refractivity contribution in [1.29, 1.82) is 0 Å². The number of Topliss-reactive ketones (excluding diaryl/α,β-unsaturated/α-hetero) is 2. The molecule has 0 radical (unpaired) electrons. The smallest absolute Gasteiger partial charge is 0.191 e. The fourth-order valence-corrected chi connectivity index (χ4v) is 5.80. The fraction of sp³-hybridized carbons (Fsp3) is 0.120. The van der Waals surface area contributed by atoms with Crippen LogP contribution < -0.4 is 4.90 Å². The van der Waals surface area contributed by atoms with E-state index in [0.717, 1.165) is 24.6 Å². The summed E-state index contributed by atoms with van der Waals surface area (Å²) in [5.74, 6) is -0.228. The molecule has 0 spiro atoms. The van der Waals surface area contributed by atoms with Crippen LogP contribution in [0.1, 0.15) is 27.1 Å². The second-order valence-electron chi connectivity index (χ2n) is 7.57. The topological polar surface area (TPSA) is 37.4 Å². The van der Waals surface area contributed by atoms with Crippen LogP contribution in [-0.4, -0.2) is 18.1 Å². The lowest BCUT2D eigenvalue weighted by molar-refractivity contribution is 0.0915. The molecular weight excluding hydrogens is 538 g/mol. The van der Waals surface area contributed by atoms with Gasteiger partial charge in [0.15, 0.2) is 11.6 Å². The van der Waals surface area contributed by atoms with Crippen molar-refractivity contribution in [1.82, 2.24) is 0 Å². The lowest BCUT2D eigenvalue weighted by atomic mass is 9.85. The van der Waals surface area contributed by atoms with Gasteiger partial charge in [-0.05, 0) is 55.0 Å². The molecule has 0 saturated heterocycles. The highest BCUT2D eigenvalue weighted by atomic mass is 79.9. The molecular formula is C25H17Br2NO2S. The van der Waals surface area contributed by atoms with Gasteiger partial charge in [-0.15, -0.1) is 0 Å². The number of hydrogen-bond acceptors (Lipinski definition) is 4. The highest BCUT2D eigenvalue weighted by Gasteiger charge is 2.39. The number of halogens is 2. The second-order valence-corrected chi connectivity index (χ2v) is 10.4. The van der Waals surface area contributed by atoms with Crippen LogP contribution in [0.5, 0.6) is 0 Å². The molecule has 5 rings (SSSR count). The van der Waals surface area contributed by atoms with Gasteiger partial charge in [-0.2, -0.15) is 0 Å². The number of thioether (sulfide) groups is 1. The van der Waals surface area contributed by atoms with Crippen LogP contribution in [-0.2, 0) is 0 Å². The van der Waals surface area contributed by atoms with Gasteiger partial charge < -0.3 is 4.90 Å². The number of hydrogen-bond donors (Lipinski definition) is 0. The molecule has 3 aromatic carbocycles. The average Bonchev–Trinajstić information content (AvgIpc) is 3.17. The molecule has 0 bridgehead atoms. The maximum absolute atomic E-state index is 13.5. The summed E-state index contributed by atoms with van der Waals surface area (Å²) in [6.45, 7) is 0.575. The molecule has 0 saturated carbocycles. The summed E-state index contributed by atoms with van der Waals surface area (Å²) in [7, 11) is 0. The number of benzene rings is 3. The molecule has 3 nitrogen and oxygen atoms in total. The molecule has 2 aliphatic rings. The largest absolute Gasteiger partial charge is 0.334 e. The molecule has 0 N–H and O–H groups in total. The molecule has 31 heavy (non-hydrogen) atoms. The van der Waals surface area contributed by atoms with Gasteiger partial charge in [-0.25, -0.2) is 0 Å². The van der Waals surface area contributed by atoms with E-state index in [1.54, 1.807) is 11.8 Å². The third kappa shape index (κ3) is 3.93. The third-order valence-electron chi connectivity index (χ3n) is 5.60. The summed E-state index contributed by atoms with van der Waals surface area (Å²) in [5, 5.41) is 0.953. The zero-order chi connectivity index (χ0) is 21.5. The first kappa shape index (κ1) is 20.7. The zero-order valence-electron chi connectivity index (χ0n) is 16.3. The van der Waals surface area contributed by atoms with E-state index in [1.807, 2.05) is 60.7 Å². The lowest BCUT2D eigenvalue weighted by Gasteiger charge is -2.32. The molecule has 1 atom stereocenters. The standard InChI is InChI=1S/C25H17Br2NO2S/c26-18-9-5-15(6-10-18)23(29)17-13-20(24(30)16-7-11-19(27)12-8-16)25-28(14-17)21-3-1-2-4-22(21)31-25/h1-12,17H,13-14H2. The van der Waals surface area contributed by atoms with Crippen LogP contribution in [0.25, 0.3) is 0 Å². The number of fused-ring (bicyclic) bond motifs is 3. The van der Waals surface area contributed by atoms with Crippen LogP contribution >= 0.6 is 43.6 Å². The number of anilines is 1. The third-order valence-corrected chi connectivity index (χ3v) is 7.88. The number of para-hydroxylation sites is 1. The van der Waals surface area contributed by atoms with Gasteiger partial charge in [0.05, 0.1) is 10.7 Å². The molecule has 0 amide bonds. The number of allylic oxidation sites excluding steroid dienone is 1. The van der Waals surface area contributed by atoms with Crippen molar-refractivity contribution in [2.45, 2.75) is 11.3 Å². The Morgan fingerprint density at radius 3 is 2.13 bits per heavy atom. The SMILES string of the molecule is O=C(C1=C2Sc3ccccc3N2CC(C(=O)c2ccc(Br)cc2)C1)c1ccc(Br)cc1. The van der Waals surface area contributed by atoms with Crippen molar-refractivity contribution < 1.29 is 9.59 Å². The van der Waals surface area contributed by atoms with E-state index in [9.17, 15) is 9.59 Å². The summed E-state index contributed by atoms with van der Waals surface area (Å²) in [4.78, 5) is 30.2. The first-order chi connectivity index (χ1) is 15.0. The van der Waals surface area contributed by atoms with Crippen LogP contribution in [0.2, 0.25) is 0 Å². The number of rotatable bonds is 4. The summed E-state index contributed by atoms with van der Waals surface area (Å²) in [6.07, 6.45) is 0.441. The van der Waals surface area contributed by atoms with Gasteiger partial charge in [0.1, 0.15) is 0 Å². The number of carbonyl (C=O) groups excluding carboxylic acids is 2. The van der Waals surface area contributed by atoms with E-state index in [4.69, 9.17) is 0 Å². The van der Waals surface area contributed by atoms with Crippen LogP contribution in [0.4, 0.5) is 5.69 Å². The minimum Gasteiger partial charge on any atom is -0.334 e. The predicted octanol–water partition coefficient (Wildman–Crippen LogP) is 7.12. The van der Waals surface area contributed by atoms with Gasteiger partial charge in [0.25, 0.3) is 0 Å². The molecule has 0 fully saturated rings. The molecule has 0 aromatic heterocycles. The maximum atomic E-state index is 13.5. The number of ketones is 2. The Balaban J connectivity index is 1.55. The first-order valence-corrected chi connectivity index (χ1v) is 12.3. The van der Waals surface area contributed by atoms with Crippen LogP contribution in [0, 0.1) is 5.92 Å². The van der Waals surface area contributed by atoms with Gasteiger partial charge >= 0.3 is 0 Å². The summed E-state index contributed by atoms with van der Waals surface area (Å²) in [5.41, 5.74) is 3.09. The maximum Gasteiger partial charge on any atom is 0.191 e. The van der Waals surface area contributed by atoms with E-state index < -0.39 is 0 Å². The van der Waals surface area contributed by atoms with Crippen LogP contribution in [0.15, 0.2) is 97.2 Å². The predicted molar refractivity (Wildman–Crippen MR) is 132 cm³/mol. The highest BCUT2D eigenvalue weighted by Crippen LogP contribution is 2.51. The minimum atomic E-state index is -0.286. The Morgan fingerprint density at radius 2 is 1.45 bits per heavy atom. The summed E-state index contributed by atoms with van der Waals surface area (Å²) >= 11 is 8.48. The average molecular weight is 555 g/mol. The quantitative estimate of drug-likeness (QED) is 0.322. The van der Waals surface area contributed by atoms with Gasteiger partial charge in [0.2, 0.25) is 0 Å². The summed E-state index contributed by atoms with van der Waals surface area (Å²) < 4.78 is 1.86. The normalized spacial score (nSPS) is 17.4. The van der Waals surface area contributed by atoms with Crippen molar-refractivity contribution in [3.63, 3.8) is 0 Å². The Bertz CT molecular complexity index is 1220. The molecule has 154 valence electrons. The van der Waals surface area contributed by atoms with Crippen LogP contribution in [0.3, 0.4) is 0 Å². The van der Waals surface area contributed by atoms with Crippen molar-refractivity contribution in [2.75, 3.05) is 11.4 Å². The Kier molecular flexibility index (Phi) is 5.63. The Labute approximate surface area is 201 Å². The fourth-order valence-electron chi connectivity index (χ4n) is 4.05. The van der Waals surface area contributed by atoms with Gasteiger partial charge in [-0.1, -0.05) is 67.9 Å². The van der Waals surface area contributed by atoms with E-state index in [1.165, 1.54) is 0 Å². The van der Waals surface area contributed by atoms with Crippen molar-refractivity contribution in [3.05, 3.63) is 103 Å². The molecule has 2 aliphatic heterocycles. The zero-order valence-corrected chi connectivity index (χ0v) is 20.3. The number of carbonyl (C=O) groups is 2. The van der Waals surface area contributed by atoms with Crippen molar-refractivity contribution >= 4 is 60.9 Å². The van der Waals surface area contributed by atoms with Gasteiger partial charge in [0, 0.05) is 43.0 Å². The van der Waals surface area contributed by atoms with Crippen molar-refractivity contribution in [2.24, 2.45) is 5.92 Å². The lowest BCUT2D eigenvalue weighted by Crippen LogP contribution is -2.37. The first-order valence-electron chi connectivity index (χ1n) is 9.89. The Morgan fingerprint density at radius 1 is 0.839 bits per heavy atom. The van der Waals surface area contributed by atoms with Crippen molar-refractivity contribution in [3.8, 4) is 0 Å². The molecule has 6 heteroatoms. The summed E-state index contributed by atoms with van der Waals surface area (Å²) in [6, 6.07) is 23.0.